The number of hydrogen-bond acceptors (Lipinski definition) is 6. The number of tetrazole rings is 1. The molecule has 0 atom stereocenters. The summed E-state index contributed by atoms with van der Waals surface area (Å²) in [7, 11) is 0. The van der Waals surface area contributed by atoms with E-state index in [0.717, 1.165) is 12.1 Å². The zero-order valence-corrected chi connectivity index (χ0v) is 16.8. The number of rotatable bonds is 4. The van der Waals surface area contributed by atoms with Gasteiger partial charge in [0, 0.05) is 29.7 Å². The van der Waals surface area contributed by atoms with E-state index in [0.29, 0.717) is 39.7 Å². The number of benzene rings is 2. The van der Waals surface area contributed by atoms with Crippen LogP contribution in [0.2, 0.25) is 0 Å². The lowest BCUT2D eigenvalue weighted by molar-refractivity contribution is -0.137. The Hall–Kier alpha value is -4.47. The Labute approximate surface area is 185 Å². The molecule has 10 heteroatoms. The molecule has 0 aliphatic carbocycles. The second kappa shape index (κ2) is 8.23. The summed E-state index contributed by atoms with van der Waals surface area (Å²) in [5, 5.41) is 12.0. The zero-order chi connectivity index (χ0) is 22.8. The molecule has 162 valence electrons. The molecule has 0 saturated heterocycles. The summed E-state index contributed by atoms with van der Waals surface area (Å²) >= 11 is 0. The van der Waals surface area contributed by atoms with Crippen LogP contribution in [0.15, 0.2) is 85.3 Å². The Morgan fingerprint density at radius 2 is 1.52 bits per heavy atom. The second-order valence-electron chi connectivity index (χ2n) is 7.02. The first kappa shape index (κ1) is 20.4. The number of alkyl halides is 3. The summed E-state index contributed by atoms with van der Waals surface area (Å²) in [5.41, 5.74) is 2.03. The van der Waals surface area contributed by atoms with Gasteiger partial charge in [0.2, 0.25) is 0 Å². The maximum atomic E-state index is 13.1. The van der Waals surface area contributed by atoms with E-state index in [1.54, 1.807) is 30.7 Å². The molecule has 0 aliphatic rings. The van der Waals surface area contributed by atoms with Crippen LogP contribution in [0.4, 0.5) is 13.2 Å². The molecule has 0 aliphatic heterocycles. The number of hydrogen-bond donors (Lipinski definition) is 0. The molecule has 7 nitrogen and oxygen atoms in total. The monoisotopic (exact) mass is 445 g/mol. The molecule has 0 N–H and O–H groups in total. The lowest BCUT2D eigenvalue weighted by Gasteiger charge is -2.12. The largest absolute Gasteiger partial charge is 0.416 e. The highest BCUT2D eigenvalue weighted by atomic mass is 19.4. The van der Waals surface area contributed by atoms with Crippen molar-refractivity contribution in [3.63, 3.8) is 0 Å². The van der Waals surface area contributed by atoms with Gasteiger partial charge in [-0.25, -0.2) is 9.97 Å². The third kappa shape index (κ3) is 4.05. The maximum Gasteiger partial charge on any atom is 0.416 e. The van der Waals surface area contributed by atoms with Crippen LogP contribution in [0, 0.1) is 0 Å². The standard InChI is InChI=1S/C23H14F3N7/c24-23(25,26)17-8-6-15(7-9-17)20-19(14-28-21(29-20)16-10-12-27-13-11-16)22-30-31-32-33(22)18-4-2-1-3-5-18/h1-14H. The van der Waals surface area contributed by atoms with Gasteiger partial charge in [0.25, 0.3) is 0 Å². The van der Waals surface area contributed by atoms with Crippen LogP contribution in [0.3, 0.4) is 0 Å². The van der Waals surface area contributed by atoms with Crippen LogP contribution < -0.4 is 0 Å². The van der Waals surface area contributed by atoms with Crippen LogP contribution in [0.1, 0.15) is 5.56 Å². The van der Waals surface area contributed by atoms with Crippen LogP contribution in [0.25, 0.3) is 39.7 Å². The molecule has 0 saturated carbocycles. The third-order valence-electron chi connectivity index (χ3n) is 4.92. The molecular weight excluding hydrogens is 431 g/mol. The summed E-state index contributed by atoms with van der Waals surface area (Å²) < 4.78 is 40.8. The SMILES string of the molecule is FC(F)(F)c1ccc(-c2nc(-c3ccncc3)ncc2-c2nnnn2-c2ccccc2)cc1. The molecule has 0 amide bonds. The van der Waals surface area contributed by atoms with Crippen molar-refractivity contribution in [2.24, 2.45) is 0 Å². The summed E-state index contributed by atoms with van der Waals surface area (Å²) in [6, 6.07) is 17.5. The molecule has 3 aromatic heterocycles. The van der Waals surface area contributed by atoms with Gasteiger partial charge in [-0.05, 0) is 46.8 Å². The van der Waals surface area contributed by atoms with E-state index in [1.165, 1.54) is 16.8 Å². The summed E-state index contributed by atoms with van der Waals surface area (Å²) in [4.78, 5) is 13.1. The predicted octanol–water partition coefficient (Wildman–Crippen LogP) is 4.87. The first-order valence-corrected chi connectivity index (χ1v) is 9.80. The molecule has 5 rings (SSSR count). The van der Waals surface area contributed by atoms with Gasteiger partial charge < -0.3 is 0 Å². The normalized spacial score (nSPS) is 11.5. The zero-order valence-electron chi connectivity index (χ0n) is 16.8. The van der Waals surface area contributed by atoms with Crippen LogP contribution in [0.5, 0.6) is 0 Å². The highest BCUT2D eigenvalue weighted by Crippen LogP contribution is 2.34. The quantitative estimate of drug-likeness (QED) is 0.393. The van der Waals surface area contributed by atoms with Crippen molar-refractivity contribution in [3.8, 4) is 39.7 Å². The summed E-state index contributed by atoms with van der Waals surface area (Å²) in [6.07, 6.45) is 0.355. The van der Waals surface area contributed by atoms with E-state index in [2.05, 4.69) is 30.5 Å². The summed E-state index contributed by atoms with van der Waals surface area (Å²) in [5.74, 6) is 0.757. The van der Waals surface area contributed by atoms with Crippen molar-refractivity contribution in [2.45, 2.75) is 6.18 Å². The smallest absolute Gasteiger partial charge is 0.265 e. The minimum Gasteiger partial charge on any atom is -0.265 e. The van der Waals surface area contributed by atoms with Gasteiger partial charge >= 0.3 is 6.18 Å². The number of nitrogens with zero attached hydrogens (tertiary/aromatic N) is 7. The molecule has 0 bridgehead atoms. The lowest BCUT2D eigenvalue weighted by atomic mass is 10.0. The molecule has 0 unspecified atom stereocenters. The van der Waals surface area contributed by atoms with Crippen LogP contribution in [-0.4, -0.2) is 35.2 Å². The van der Waals surface area contributed by atoms with Crippen molar-refractivity contribution in [2.75, 3.05) is 0 Å². The Morgan fingerprint density at radius 3 is 2.21 bits per heavy atom. The minimum absolute atomic E-state index is 0.359. The third-order valence-corrected chi connectivity index (χ3v) is 4.92. The molecule has 2 aromatic carbocycles. The molecule has 0 radical (unpaired) electrons. The van der Waals surface area contributed by atoms with E-state index >= 15 is 0 Å². The fraction of sp³-hybridized carbons (Fsp3) is 0.0435. The molecule has 5 aromatic rings. The Kier molecular flexibility index (Phi) is 5.09. The topological polar surface area (TPSA) is 82.3 Å². The highest BCUT2D eigenvalue weighted by molar-refractivity contribution is 5.79. The van der Waals surface area contributed by atoms with Crippen molar-refractivity contribution in [3.05, 3.63) is 90.9 Å². The van der Waals surface area contributed by atoms with E-state index in [-0.39, 0.29) is 0 Å². The first-order valence-electron chi connectivity index (χ1n) is 9.80. The highest BCUT2D eigenvalue weighted by Gasteiger charge is 2.30. The average molecular weight is 445 g/mol. The fourth-order valence-electron chi connectivity index (χ4n) is 3.32. The van der Waals surface area contributed by atoms with E-state index in [4.69, 9.17) is 0 Å². The minimum atomic E-state index is -4.44. The summed E-state index contributed by atoms with van der Waals surface area (Å²) in [6.45, 7) is 0. The fourth-order valence-corrected chi connectivity index (χ4v) is 3.32. The number of halogens is 3. The Bertz CT molecular complexity index is 1380. The molecule has 0 spiro atoms. The van der Waals surface area contributed by atoms with Gasteiger partial charge in [-0.1, -0.05) is 30.3 Å². The first-order chi connectivity index (χ1) is 16.0. The van der Waals surface area contributed by atoms with E-state index in [1.807, 2.05) is 30.3 Å². The molecule has 0 fully saturated rings. The van der Waals surface area contributed by atoms with Crippen molar-refractivity contribution in [1.29, 1.82) is 0 Å². The van der Waals surface area contributed by atoms with Gasteiger partial charge in [-0.15, -0.1) is 5.10 Å². The van der Waals surface area contributed by atoms with Gasteiger partial charge in [0.1, 0.15) is 0 Å². The van der Waals surface area contributed by atoms with Gasteiger partial charge in [-0.2, -0.15) is 17.9 Å². The molecule has 33 heavy (non-hydrogen) atoms. The van der Waals surface area contributed by atoms with Crippen molar-refractivity contribution in [1.82, 2.24) is 35.2 Å². The van der Waals surface area contributed by atoms with E-state index < -0.39 is 11.7 Å². The van der Waals surface area contributed by atoms with Crippen LogP contribution in [-0.2, 0) is 6.18 Å². The number of para-hydroxylation sites is 1. The van der Waals surface area contributed by atoms with Crippen molar-refractivity contribution >= 4 is 0 Å². The number of pyridine rings is 1. The second-order valence-corrected chi connectivity index (χ2v) is 7.02. The van der Waals surface area contributed by atoms with Gasteiger partial charge in [0.05, 0.1) is 22.5 Å². The Balaban J connectivity index is 1.69. The van der Waals surface area contributed by atoms with Crippen LogP contribution >= 0.6 is 0 Å². The Morgan fingerprint density at radius 1 is 0.788 bits per heavy atom. The van der Waals surface area contributed by atoms with E-state index in [9.17, 15) is 13.2 Å². The number of aromatic nitrogens is 7. The van der Waals surface area contributed by atoms with Crippen molar-refractivity contribution < 1.29 is 13.2 Å². The van der Waals surface area contributed by atoms with Gasteiger partial charge in [0.15, 0.2) is 11.6 Å². The van der Waals surface area contributed by atoms with Gasteiger partial charge in [-0.3, -0.25) is 4.98 Å². The average Bonchev–Trinajstić information content (AvgIpc) is 3.34. The predicted molar refractivity (Wildman–Crippen MR) is 114 cm³/mol. The lowest BCUT2D eigenvalue weighted by Crippen LogP contribution is -2.05. The molecular formula is C23H14F3N7. The maximum absolute atomic E-state index is 13.1. The molecule has 3 heterocycles.